The van der Waals surface area contributed by atoms with Crippen molar-refractivity contribution < 1.29 is 9.47 Å². The Kier molecular flexibility index (Phi) is 5.30. The molecule has 2 aliphatic heterocycles. The molecule has 0 bridgehead atoms. The topological polar surface area (TPSA) is 18.5 Å². The molecule has 1 radical (unpaired) electrons. The van der Waals surface area contributed by atoms with Crippen LogP contribution in [-0.4, -0.2) is 26.4 Å². The van der Waals surface area contributed by atoms with Crippen LogP contribution in [-0.2, 0) is 9.47 Å². The van der Waals surface area contributed by atoms with Gasteiger partial charge >= 0.3 is 0 Å². The lowest BCUT2D eigenvalue weighted by molar-refractivity contribution is 0.00491. The molecular weight excluding hydrogens is 212 g/mol. The van der Waals surface area contributed by atoms with Crippen LogP contribution in [0.25, 0.3) is 0 Å². The van der Waals surface area contributed by atoms with E-state index < -0.39 is 0 Å². The molecule has 2 rings (SSSR count). The van der Waals surface area contributed by atoms with Gasteiger partial charge in [0.15, 0.2) is 0 Å². The van der Waals surface area contributed by atoms with Gasteiger partial charge in [0.1, 0.15) is 0 Å². The van der Waals surface area contributed by atoms with Crippen molar-refractivity contribution in [1.29, 1.82) is 0 Å². The maximum atomic E-state index is 5.65. The van der Waals surface area contributed by atoms with Gasteiger partial charge in [0.05, 0.1) is 0 Å². The van der Waals surface area contributed by atoms with Crippen LogP contribution < -0.4 is 0 Å². The van der Waals surface area contributed by atoms with Crippen molar-refractivity contribution in [2.75, 3.05) is 26.4 Å². The van der Waals surface area contributed by atoms with E-state index in [-0.39, 0.29) is 0 Å². The van der Waals surface area contributed by atoms with Gasteiger partial charge < -0.3 is 9.47 Å². The molecule has 0 spiro atoms. The molecule has 2 heterocycles. The maximum Gasteiger partial charge on any atom is 0.0497 e. The first-order valence-corrected chi connectivity index (χ1v) is 7.26. The third-order valence-corrected chi connectivity index (χ3v) is 4.48. The second-order valence-corrected chi connectivity index (χ2v) is 5.91. The Labute approximate surface area is 106 Å². The van der Waals surface area contributed by atoms with E-state index in [1.54, 1.807) is 0 Å². The Morgan fingerprint density at radius 3 is 2.47 bits per heavy atom. The molecule has 17 heavy (non-hydrogen) atoms. The molecule has 2 heteroatoms. The second-order valence-electron chi connectivity index (χ2n) is 5.91. The number of rotatable bonds is 4. The summed E-state index contributed by atoms with van der Waals surface area (Å²) in [5, 5.41) is 0. The summed E-state index contributed by atoms with van der Waals surface area (Å²) in [4.78, 5) is 0. The van der Waals surface area contributed by atoms with Gasteiger partial charge in [-0.1, -0.05) is 13.8 Å². The SMILES string of the molecule is [CH2]C(C)C(CC1CCOCC1)C1CCCOC1. The third kappa shape index (κ3) is 3.96. The van der Waals surface area contributed by atoms with E-state index >= 15 is 0 Å². The molecule has 0 aromatic rings. The highest BCUT2D eigenvalue weighted by atomic mass is 16.5. The molecule has 0 amide bonds. The normalized spacial score (nSPS) is 29.5. The number of ether oxygens (including phenoxy) is 2. The molecule has 2 nitrogen and oxygen atoms in total. The Bertz CT molecular complexity index is 203. The molecule has 2 fully saturated rings. The van der Waals surface area contributed by atoms with E-state index in [1.807, 2.05) is 0 Å². The molecule has 0 aromatic heterocycles. The van der Waals surface area contributed by atoms with Crippen molar-refractivity contribution in [2.45, 2.75) is 39.0 Å². The van der Waals surface area contributed by atoms with Crippen molar-refractivity contribution in [3.8, 4) is 0 Å². The van der Waals surface area contributed by atoms with E-state index in [0.717, 1.165) is 44.2 Å². The second kappa shape index (κ2) is 6.75. The summed E-state index contributed by atoms with van der Waals surface area (Å²) in [5.74, 6) is 2.90. The van der Waals surface area contributed by atoms with Crippen LogP contribution in [0.3, 0.4) is 0 Å². The lowest BCUT2D eigenvalue weighted by atomic mass is 9.74. The molecule has 2 saturated heterocycles. The summed E-state index contributed by atoms with van der Waals surface area (Å²) in [5.41, 5.74) is 0. The minimum absolute atomic E-state index is 0.546. The van der Waals surface area contributed by atoms with Crippen molar-refractivity contribution in [1.82, 2.24) is 0 Å². The molecule has 99 valence electrons. The van der Waals surface area contributed by atoms with Gasteiger partial charge in [0.25, 0.3) is 0 Å². The van der Waals surface area contributed by atoms with E-state index in [2.05, 4.69) is 13.8 Å². The fraction of sp³-hybridized carbons (Fsp3) is 0.933. The van der Waals surface area contributed by atoms with Crippen molar-refractivity contribution >= 4 is 0 Å². The quantitative estimate of drug-likeness (QED) is 0.749. The highest BCUT2D eigenvalue weighted by Crippen LogP contribution is 2.35. The summed E-state index contributed by atoms with van der Waals surface area (Å²) in [6.45, 7) is 10.4. The molecule has 2 aliphatic rings. The highest BCUT2D eigenvalue weighted by molar-refractivity contribution is 4.81. The summed E-state index contributed by atoms with van der Waals surface area (Å²) in [6, 6.07) is 0. The van der Waals surface area contributed by atoms with Crippen molar-refractivity contribution in [2.24, 2.45) is 23.7 Å². The fourth-order valence-corrected chi connectivity index (χ4v) is 3.36. The Hall–Kier alpha value is -0.0800. The van der Waals surface area contributed by atoms with Crippen molar-refractivity contribution in [3.05, 3.63) is 6.92 Å². The van der Waals surface area contributed by atoms with Crippen LogP contribution >= 0.6 is 0 Å². The largest absolute Gasteiger partial charge is 0.381 e. The number of hydrogen-bond donors (Lipinski definition) is 0. The summed E-state index contributed by atoms with van der Waals surface area (Å²) < 4.78 is 11.1. The van der Waals surface area contributed by atoms with E-state index in [4.69, 9.17) is 9.47 Å². The molecule has 0 saturated carbocycles. The van der Waals surface area contributed by atoms with Gasteiger partial charge in [0.2, 0.25) is 0 Å². The van der Waals surface area contributed by atoms with E-state index in [1.165, 1.54) is 32.1 Å². The fourth-order valence-electron chi connectivity index (χ4n) is 3.36. The van der Waals surface area contributed by atoms with Crippen LogP contribution in [0.5, 0.6) is 0 Å². The third-order valence-electron chi connectivity index (χ3n) is 4.48. The molecule has 0 N–H and O–H groups in total. The minimum Gasteiger partial charge on any atom is -0.381 e. The van der Waals surface area contributed by atoms with Crippen LogP contribution in [0.2, 0.25) is 0 Å². The van der Waals surface area contributed by atoms with E-state index in [9.17, 15) is 0 Å². The first kappa shape index (κ1) is 13.4. The lowest BCUT2D eigenvalue weighted by Gasteiger charge is -2.36. The average Bonchev–Trinajstić information content (AvgIpc) is 2.38. The van der Waals surface area contributed by atoms with Crippen LogP contribution in [0.1, 0.15) is 39.0 Å². The average molecular weight is 239 g/mol. The van der Waals surface area contributed by atoms with Gasteiger partial charge in [-0.25, -0.2) is 0 Å². The maximum absolute atomic E-state index is 5.65. The van der Waals surface area contributed by atoms with Crippen LogP contribution in [0.15, 0.2) is 0 Å². The van der Waals surface area contributed by atoms with E-state index in [0.29, 0.717) is 5.92 Å². The Balaban J connectivity index is 1.86. The summed E-state index contributed by atoms with van der Waals surface area (Å²) in [6.07, 6.45) is 6.41. The van der Waals surface area contributed by atoms with Crippen molar-refractivity contribution in [3.63, 3.8) is 0 Å². The monoisotopic (exact) mass is 239 g/mol. The smallest absolute Gasteiger partial charge is 0.0497 e. The van der Waals surface area contributed by atoms with Crippen LogP contribution in [0, 0.1) is 30.6 Å². The minimum atomic E-state index is 0.546. The zero-order valence-electron chi connectivity index (χ0n) is 11.2. The molecule has 0 aliphatic carbocycles. The predicted octanol–water partition coefficient (Wildman–Crippen LogP) is 3.32. The predicted molar refractivity (Wildman–Crippen MR) is 69.7 cm³/mol. The Morgan fingerprint density at radius 2 is 1.88 bits per heavy atom. The first-order chi connectivity index (χ1) is 8.27. The first-order valence-electron chi connectivity index (χ1n) is 7.26. The van der Waals surface area contributed by atoms with Gasteiger partial charge in [-0.15, -0.1) is 0 Å². The zero-order chi connectivity index (χ0) is 12.1. The van der Waals surface area contributed by atoms with Gasteiger partial charge in [-0.05, 0) is 55.8 Å². The van der Waals surface area contributed by atoms with Gasteiger partial charge in [-0.3, -0.25) is 0 Å². The van der Waals surface area contributed by atoms with Gasteiger partial charge in [-0.2, -0.15) is 0 Å². The van der Waals surface area contributed by atoms with Crippen LogP contribution in [0.4, 0.5) is 0 Å². The summed E-state index contributed by atoms with van der Waals surface area (Å²) in [7, 11) is 0. The standard InChI is InChI=1S/C15H27O2/c1-12(2)15(14-4-3-7-17-11-14)10-13-5-8-16-9-6-13/h12-15H,1,3-11H2,2H3. The Morgan fingerprint density at radius 1 is 1.12 bits per heavy atom. The summed E-state index contributed by atoms with van der Waals surface area (Å²) >= 11 is 0. The zero-order valence-corrected chi connectivity index (χ0v) is 11.2. The molecule has 3 unspecified atom stereocenters. The molecule has 0 aromatic carbocycles. The van der Waals surface area contributed by atoms with Gasteiger partial charge in [0, 0.05) is 26.4 Å². The molecule has 3 atom stereocenters. The number of hydrogen-bond acceptors (Lipinski definition) is 2. The lowest BCUT2D eigenvalue weighted by Crippen LogP contribution is -2.31. The highest BCUT2D eigenvalue weighted by Gasteiger charge is 2.29. The molecular formula is C15H27O2.